The number of carboxylic acid groups (broad SMARTS) is 2. The van der Waals surface area contributed by atoms with Crippen molar-refractivity contribution in [1.82, 2.24) is 0 Å². The van der Waals surface area contributed by atoms with Crippen LogP contribution in [0, 0.1) is 0 Å². The van der Waals surface area contributed by atoms with Gasteiger partial charge in [0.05, 0.1) is 0 Å². The third-order valence-corrected chi connectivity index (χ3v) is 0.805. The summed E-state index contributed by atoms with van der Waals surface area (Å²) < 4.78 is 0. The van der Waals surface area contributed by atoms with Gasteiger partial charge >= 0.3 is 11.9 Å². The zero-order valence-electron chi connectivity index (χ0n) is 5.17. The molecule has 7 heteroatoms. The Labute approximate surface area is 60.1 Å². The van der Waals surface area contributed by atoms with Crippen molar-refractivity contribution in [1.29, 1.82) is 0 Å². The second-order valence-electron chi connectivity index (χ2n) is 1.57. The standard InChI is InChI=1S/C4H6O6.FH/c5-1(3(7)8)2(6)4(9)10;/h1-2,5-6H,(H,7,8)(H,9,10);1H. The highest BCUT2D eigenvalue weighted by molar-refractivity contribution is 5.82. The normalized spacial score (nSPS) is 14.4. The number of carbonyl (C=O) groups is 2. The van der Waals surface area contributed by atoms with Gasteiger partial charge in [-0.05, 0) is 0 Å². The number of halogens is 1. The molecule has 4 N–H and O–H groups in total. The lowest BCUT2D eigenvalue weighted by molar-refractivity contribution is -0.165. The highest BCUT2D eigenvalue weighted by Gasteiger charge is 2.29. The van der Waals surface area contributed by atoms with E-state index in [0.29, 0.717) is 0 Å². The number of aliphatic carboxylic acids is 2. The second kappa shape index (κ2) is 4.58. The highest BCUT2D eigenvalue weighted by Crippen LogP contribution is 1.92. The van der Waals surface area contributed by atoms with Crippen LogP contribution < -0.4 is 0 Å². The first-order valence-electron chi connectivity index (χ1n) is 2.28. The van der Waals surface area contributed by atoms with E-state index in [1.807, 2.05) is 0 Å². The molecule has 0 aromatic carbocycles. The summed E-state index contributed by atoms with van der Waals surface area (Å²) in [6, 6.07) is 0. The average molecular weight is 170 g/mol. The van der Waals surface area contributed by atoms with E-state index in [4.69, 9.17) is 20.4 Å². The molecular weight excluding hydrogens is 163 g/mol. The monoisotopic (exact) mass is 170 g/mol. The summed E-state index contributed by atoms with van der Waals surface area (Å²) in [5.74, 6) is -3.54. The van der Waals surface area contributed by atoms with E-state index in [0.717, 1.165) is 0 Å². The lowest BCUT2D eigenvalue weighted by Gasteiger charge is -2.07. The van der Waals surface area contributed by atoms with Crippen LogP contribution in [0.3, 0.4) is 0 Å². The minimum Gasteiger partial charge on any atom is -0.479 e. The summed E-state index contributed by atoms with van der Waals surface area (Å²) in [4.78, 5) is 19.5. The van der Waals surface area contributed by atoms with Crippen LogP contribution in [0.2, 0.25) is 0 Å². The third kappa shape index (κ3) is 3.48. The molecule has 0 bridgehead atoms. The van der Waals surface area contributed by atoms with E-state index in [-0.39, 0.29) is 4.70 Å². The van der Waals surface area contributed by atoms with Gasteiger partial charge in [-0.25, -0.2) is 9.59 Å². The van der Waals surface area contributed by atoms with Gasteiger partial charge in [0, 0.05) is 0 Å². The molecule has 66 valence electrons. The summed E-state index contributed by atoms with van der Waals surface area (Å²) in [6.07, 6.45) is -4.53. The molecule has 0 amide bonds. The molecule has 0 aliphatic heterocycles. The molecule has 0 fully saturated rings. The summed E-state index contributed by atoms with van der Waals surface area (Å²) in [5.41, 5.74) is 0. The molecule has 0 aliphatic rings. The maximum absolute atomic E-state index is 9.77. The van der Waals surface area contributed by atoms with Gasteiger partial charge in [0.25, 0.3) is 0 Å². The van der Waals surface area contributed by atoms with Crippen LogP contribution in [0.1, 0.15) is 0 Å². The topological polar surface area (TPSA) is 115 Å². The van der Waals surface area contributed by atoms with Crippen molar-refractivity contribution in [2.24, 2.45) is 0 Å². The van der Waals surface area contributed by atoms with Crippen molar-refractivity contribution in [3.8, 4) is 0 Å². The average Bonchev–Trinajstić information content (AvgIpc) is 1.84. The number of aliphatic hydroxyl groups excluding tert-OH is 2. The maximum atomic E-state index is 9.77. The Hall–Kier alpha value is -1.21. The third-order valence-electron chi connectivity index (χ3n) is 0.805. The Morgan fingerprint density at radius 1 is 0.909 bits per heavy atom. The molecule has 0 heterocycles. The van der Waals surface area contributed by atoms with Crippen LogP contribution in [0.25, 0.3) is 0 Å². The summed E-state index contributed by atoms with van der Waals surface area (Å²) in [6.45, 7) is 0. The van der Waals surface area contributed by atoms with Crippen LogP contribution in [-0.4, -0.2) is 44.6 Å². The van der Waals surface area contributed by atoms with Gasteiger partial charge in [-0.2, -0.15) is 0 Å². The number of aliphatic hydroxyl groups is 2. The van der Waals surface area contributed by atoms with Crippen LogP contribution in [-0.2, 0) is 9.59 Å². The first-order valence-corrected chi connectivity index (χ1v) is 2.28. The zero-order valence-corrected chi connectivity index (χ0v) is 5.17. The van der Waals surface area contributed by atoms with E-state index < -0.39 is 24.1 Å². The smallest absolute Gasteiger partial charge is 0.335 e. The number of hydrogen-bond donors (Lipinski definition) is 4. The Balaban J connectivity index is 0. The van der Waals surface area contributed by atoms with Crippen molar-refractivity contribution in [3.63, 3.8) is 0 Å². The molecule has 6 nitrogen and oxygen atoms in total. The molecule has 0 radical (unpaired) electrons. The Bertz CT molecular complexity index is 139. The van der Waals surface area contributed by atoms with Crippen molar-refractivity contribution in [2.45, 2.75) is 12.2 Å². The Morgan fingerprint density at radius 2 is 1.09 bits per heavy atom. The molecule has 0 spiro atoms. The molecule has 2 atom stereocenters. The van der Waals surface area contributed by atoms with Crippen molar-refractivity contribution in [3.05, 3.63) is 0 Å². The SMILES string of the molecule is F.O=C(O)C(O)C(O)C(=O)O. The number of hydrogen-bond acceptors (Lipinski definition) is 4. The summed E-state index contributed by atoms with van der Waals surface area (Å²) in [5, 5.41) is 32.5. The van der Waals surface area contributed by atoms with Gasteiger partial charge < -0.3 is 20.4 Å². The Kier molecular flexibility index (Phi) is 5.19. The van der Waals surface area contributed by atoms with Crippen molar-refractivity contribution >= 4 is 11.9 Å². The lowest BCUT2D eigenvalue weighted by atomic mass is 10.2. The zero-order chi connectivity index (χ0) is 8.31. The van der Waals surface area contributed by atoms with Crippen LogP contribution in [0.5, 0.6) is 0 Å². The fourth-order valence-electron chi connectivity index (χ4n) is 0.270. The van der Waals surface area contributed by atoms with E-state index in [1.54, 1.807) is 0 Å². The van der Waals surface area contributed by atoms with Crippen molar-refractivity contribution in [2.75, 3.05) is 0 Å². The minimum atomic E-state index is -2.27. The molecule has 0 aromatic rings. The molecule has 0 rings (SSSR count). The number of rotatable bonds is 3. The number of carboxylic acids is 2. The molecule has 2 unspecified atom stereocenters. The minimum absolute atomic E-state index is 0. The second-order valence-corrected chi connectivity index (χ2v) is 1.57. The van der Waals surface area contributed by atoms with E-state index in [1.165, 1.54) is 0 Å². The first kappa shape index (κ1) is 12.5. The van der Waals surface area contributed by atoms with Gasteiger partial charge in [0.1, 0.15) is 0 Å². The Morgan fingerprint density at radius 3 is 1.18 bits per heavy atom. The summed E-state index contributed by atoms with van der Waals surface area (Å²) in [7, 11) is 0. The van der Waals surface area contributed by atoms with Gasteiger partial charge in [0.15, 0.2) is 12.2 Å². The molecule has 0 aromatic heterocycles. The molecule has 0 saturated heterocycles. The predicted octanol–water partition coefficient (Wildman–Crippen LogP) is -1.97. The van der Waals surface area contributed by atoms with Crippen molar-refractivity contribution < 1.29 is 34.7 Å². The molecule has 0 aliphatic carbocycles. The van der Waals surface area contributed by atoms with Gasteiger partial charge in [-0.15, -0.1) is 0 Å². The van der Waals surface area contributed by atoms with Gasteiger partial charge in [-0.1, -0.05) is 0 Å². The summed E-state index contributed by atoms with van der Waals surface area (Å²) >= 11 is 0. The largest absolute Gasteiger partial charge is 0.479 e. The molecule has 11 heavy (non-hydrogen) atoms. The van der Waals surface area contributed by atoms with Crippen LogP contribution in [0.15, 0.2) is 0 Å². The van der Waals surface area contributed by atoms with Crippen LogP contribution >= 0.6 is 0 Å². The van der Waals surface area contributed by atoms with E-state index in [2.05, 4.69) is 0 Å². The fourth-order valence-corrected chi connectivity index (χ4v) is 0.270. The maximum Gasteiger partial charge on any atom is 0.335 e. The van der Waals surface area contributed by atoms with Gasteiger partial charge in [0.2, 0.25) is 0 Å². The highest BCUT2D eigenvalue weighted by atomic mass is 19.0. The lowest BCUT2D eigenvalue weighted by Crippen LogP contribution is -2.39. The van der Waals surface area contributed by atoms with E-state index >= 15 is 0 Å². The fraction of sp³-hybridized carbons (Fsp3) is 0.500. The molecule has 0 saturated carbocycles. The predicted molar refractivity (Wildman–Crippen MR) is 29.8 cm³/mol. The first-order chi connectivity index (χ1) is 4.46. The molecular formula is C4H7FO6. The van der Waals surface area contributed by atoms with E-state index in [9.17, 15) is 9.59 Å². The quantitative estimate of drug-likeness (QED) is 0.390. The van der Waals surface area contributed by atoms with Crippen LogP contribution in [0.4, 0.5) is 4.70 Å². The van der Waals surface area contributed by atoms with Gasteiger partial charge in [-0.3, -0.25) is 4.70 Å².